The number of allylic oxidation sites excluding steroid dienone is 1. The van der Waals surface area contributed by atoms with Gasteiger partial charge in [0.1, 0.15) is 0 Å². The number of hydrazine groups is 2. The molecular weight excluding hydrogens is 220 g/mol. The molecule has 2 heterocycles. The highest BCUT2D eigenvalue weighted by Gasteiger charge is 2.30. The molecule has 2 rings (SSSR count). The van der Waals surface area contributed by atoms with E-state index in [2.05, 4.69) is 48.6 Å². The van der Waals surface area contributed by atoms with E-state index in [9.17, 15) is 0 Å². The Bertz CT molecular complexity index is 315. The van der Waals surface area contributed by atoms with E-state index in [4.69, 9.17) is 0 Å². The summed E-state index contributed by atoms with van der Waals surface area (Å²) in [6.07, 6.45) is 4.25. The van der Waals surface area contributed by atoms with Gasteiger partial charge in [-0.3, -0.25) is 5.01 Å². The van der Waals surface area contributed by atoms with Gasteiger partial charge in [0.25, 0.3) is 0 Å². The average Bonchev–Trinajstić information content (AvgIpc) is 2.64. The fourth-order valence-corrected chi connectivity index (χ4v) is 2.59. The van der Waals surface area contributed by atoms with Gasteiger partial charge in [0.05, 0.1) is 11.7 Å². The Morgan fingerprint density at radius 1 is 1.56 bits per heavy atom. The quantitative estimate of drug-likeness (QED) is 0.543. The van der Waals surface area contributed by atoms with Crippen LogP contribution in [0.3, 0.4) is 0 Å². The molecule has 3 unspecified atom stereocenters. The molecule has 0 aliphatic carbocycles. The lowest BCUT2D eigenvalue weighted by molar-refractivity contribution is 0.290. The fraction of sp³-hybridized carbons (Fsp3) is 0.636. The summed E-state index contributed by atoms with van der Waals surface area (Å²) in [6.45, 7) is 6.17. The van der Waals surface area contributed by atoms with Crippen molar-refractivity contribution in [3.05, 3.63) is 23.4 Å². The van der Waals surface area contributed by atoms with Gasteiger partial charge >= 0.3 is 0 Å². The summed E-state index contributed by atoms with van der Waals surface area (Å²) in [7, 11) is 1.97. The Morgan fingerprint density at radius 2 is 2.31 bits per heavy atom. The van der Waals surface area contributed by atoms with Gasteiger partial charge in [-0.05, 0) is 30.6 Å². The van der Waals surface area contributed by atoms with Crippen LogP contribution in [-0.4, -0.2) is 24.1 Å². The largest absolute Gasteiger partial charge is 0.306 e. The van der Waals surface area contributed by atoms with E-state index in [1.54, 1.807) is 0 Å². The highest BCUT2D eigenvalue weighted by Crippen LogP contribution is 2.30. The summed E-state index contributed by atoms with van der Waals surface area (Å²) in [4.78, 5) is 0.998. The summed E-state index contributed by atoms with van der Waals surface area (Å²) < 4.78 is 0. The van der Waals surface area contributed by atoms with Gasteiger partial charge in [0.15, 0.2) is 0 Å². The molecule has 0 aromatic rings. The third-order valence-corrected chi connectivity index (χ3v) is 3.57. The fourth-order valence-electron chi connectivity index (χ4n) is 2.38. The van der Waals surface area contributed by atoms with Gasteiger partial charge in [-0.25, -0.2) is 0 Å². The van der Waals surface area contributed by atoms with Crippen LogP contribution in [0.1, 0.15) is 19.8 Å². The van der Waals surface area contributed by atoms with Gasteiger partial charge in [-0.1, -0.05) is 6.58 Å². The molecule has 4 nitrogen and oxygen atoms in total. The van der Waals surface area contributed by atoms with Crippen LogP contribution in [0.25, 0.3) is 0 Å². The first kappa shape index (κ1) is 11.8. The van der Waals surface area contributed by atoms with Crippen molar-refractivity contribution in [3.8, 4) is 0 Å². The molecule has 0 aromatic heterocycles. The van der Waals surface area contributed by atoms with Crippen molar-refractivity contribution in [2.24, 2.45) is 5.92 Å². The first-order valence-electron chi connectivity index (χ1n) is 5.66. The second-order valence-corrected chi connectivity index (χ2v) is 5.29. The molecule has 0 amide bonds. The Labute approximate surface area is 103 Å². The van der Waals surface area contributed by atoms with Crippen LogP contribution < -0.4 is 16.3 Å². The number of hydrogen-bond donors (Lipinski definition) is 4. The van der Waals surface area contributed by atoms with Crippen molar-refractivity contribution in [2.75, 3.05) is 7.05 Å². The van der Waals surface area contributed by atoms with E-state index < -0.39 is 0 Å². The first-order valence-corrected chi connectivity index (χ1v) is 6.11. The van der Waals surface area contributed by atoms with E-state index in [1.165, 1.54) is 5.70 Å². The van der Waals surface area contributed by atoms with Crippen LogP contribution in [0.5, 0.6) is 0 Å². The molecule has 0 bridgehead atoms. The molecule has 3 atom stereocenters. The van der Waals surface area contributed by atoms with Crippen molar-refractivity contribution < 1.29 is 0 Å². The predicted octanol–water partition coefficient (Wildman–Crippen LogP) is 0.983. The van der Waals surface area contributed by atoms with Gasteiger partial charge in [0.2, 0.25) is 0 Å². The first-order chi connectivity index (χ1) is 7.56. The van der Waals surface area contributed by atoms with E-state index in [1.807, 2.05) is 12.1 Å². The highest BCUT2D eigenvalue weighted by atomic mass is 32.1. The third kappa shape index (κ3) is 2.53. The molecule has 2 aliphatic heterocycles. The smallest absolute Gasteiger partial charge is 0.0623 e. The predicted molar refractivity (Wildman–Crippen MR) is 69.4 cm³/mol. The number of thiol groups is 1. The normalized spacial score (nSPS) is 34.6. The van der Waals surface area contributed by atoms with Gasteiger partial charge in [-0.15, -0.1) is 18.2 Å². The van der Waals surface area contributed by atoms with E-state index in [0.717, 1.165) is 17.7 Å². The Kier molecular flexibility index (Phi) is 3.47. The maximum atomic E-state index is 4.39. The second kappa shape index (κ2) is 4.69. The maximum Gasteiger partial charge on any atom is 0.0623 e. The lowest BCUT2D eigenvalue weighted by Crippen LogP contribution is -2.48. The Morgan fingerprint density at radius 3 is 2.88 bits per heavy atom. The Hall–Kier alpha value is -0.650. The van der Waals surface area contributed by atoms with E-state index >= 15 is 0 Å². The van der Waals surface area contributed by atoms with Gasteiger partial charge in [0, 0.05) is 19.3 Å². The molecule has 0 saturated carbocycles. The maximum absolute atomic E-state index is 4.39. The number of piperidine rings is 1. The zero-order chi connectivity index (χ0) is 11.7. The summed E-state index contributed by atoms with van der Waals surface area (Å²) in [5.74, 6) is 0.498. The summed E-state index contributed by atoms with van der Waals surface area (Å²) in [5.41, 5.74) is 7.40. The van der Waals surface area contributed by atoms with Crippen LogP contribution in [0.15, 0.2) is 23.4 Å². The zero-order valence-corrected chi connectivity index (χ0v) is 10.7. The number of hydrogen-bond acceptors (Lipinski definition) is 5. The molecule has 5 heteroatoms. The molecule has 90 valence electrons. The van der Waals surface area contributed by atoms with Crippen molar-refractivity contribution in [1.29, 1.82) is 0 Å². The molecule has 3 N–H and O–H groups in total. The molecule has 0 radical (unpaired) electrons. The SMILES string of the molecule is C=C(S)C1CC(C)NC(C2=CN(C)NN2)C1. The molecule has 16 heavy (non-hydrogen) atoms. The molecular formula is C11H20N4S. The summed E-state index contributed by atoms with van der Waals surface area (Å²) >= 11 is 4.39. The second-order valence-electron chi connectivity index (χ2n) is 4.71. The Balaban J connectivity index is 2.05. The lowest BCUT2D eigenvalue weighted by Gasteiger charge is -2.35. The monoisotopic (exact) mass is 240 g/mol. The van der Waals surface area contributed by atoms with Crippen LogP contribution in [-0.2, 0) is 0 Å². The minimum absolute atomic E-state index is 0.357. The molecule has 0 aromatic carbocycles. The number of nitrogens with one attached hydrogen (secondary N) is 3. The topological polar surface area (TPSA) is 39.3 Å². The van der Waals surface area contributed by atoms with Crippen molar-refractivity contribution in [1.82, 2.24) is 21.3 Å². The van der Waals surface area contributed by atoms with Gasteiger partial charge < -0.3 is 10.7 Å². The highest BCUT2D eigenvalue weighted by molar-refractivity contribution is 7.84. The standard InChI is InChI=1S/C11H20N4S/c1-7-4-9(8(2)16)5-10(12-7)11-6-15(3)14-13-11/h6-7,9-10,12-14,16H,2,4-5H2,1,3H3. The number of nitrogens with zero attached hydrogens (tertiary/aromatic N) is 1. The van der Waals surface area contributed by atoms with Crippen LogP contribution in [0.4, 0.5) is 0 Å². The minimum atomic E-state index is 0.357. The average molecular weight is 240 g/mol. The van der Waals surface area contributed by atoms with Crippen LogP contribution >= 0.6 is 12.6 Å². The van der Waals surface area contributed by atoms with Crippen molar-refractivity contribution in [2.45, 2.75) is 31.8 Å². The third-order valence-electron chi connectivity index (χ3n) is 3.20. The van der Waals surface area contributed by atoms with Crippen LogP contribution in [0, 0.1) is 5.92 Å². The summed E-state index contributed by atoms with van der Waals surface area (Å²) in [6, 6.07) is 0.858. The lowest BCUT2D eigenvalue weighted by atomic mass is 9.87. The van der Waals surface area contributed by atoms with Crippen molar-refractivity contribution in [3.63, 3.8) is 0 Å². The van der Waals surface area contributed by atoms with E-state index in [0.29, 0.717) is 18.0 Å². The molecule has 1 saturated heterocycles. The van der Waals surface area contributed by atoms with Gasteiger partial charge in [-0.2, -0.15) is 0 Å². The molecule has 2 aliphatic rings. The summed E-state index contributed by atoms with van der Waals surface area (Å²) in [5, 5.41) is 5.51. The van der Waals surface area contributed by atoms with Crippen LogP contribution in [0.2, 0.25) is 0 Å². The molecule has 1 fully saturated rings. The van der Waals surface area contributed by atoms with Crippen molar-refractivity contribution >= 4 is 12.6 Å². The molecule has 0 spiro atoms. The zero-order valence-electron chi connectivity index (χ0n) is 9.83. The number of rotatable bonds is 2. The minimum Gasteiger partial charge on any atom is -0.306 e. The van der Waals surface area contributed by atoms with E-state index in [-0.39, 0.29) is 0 Å².